The molecule has 9 heteroatoms. The van der Waals surface area contributed by atoms with Crippen molar-refractivity contribution in [1.29, 1.82) is 5.26 Å². The van der Waals surface area contributed by atoms with Crippen LogP contribution in [-0.2, 0) is 34.6 Å². The summed E-state index contributed by atoms with van der Waals surface area (Å²) < 4.78 is 21.9. The van der Waals surface area contributed by atoms with E-state index in [-0.39, 0.29) is 23.9 Å². The van der Waals surface area contributed by atoms with E-state index in [1.54, 1.807) is 0 Å². The van der Waals surface area contributed by atoms with E-state index >= 15 is 0 Å². The average Bonchev–Trinajstić information content (AvgIpc) is 3.52. The molecule has 6 rings (SSSR count). The lowest BCUT2D eigenvalue weighted by Gasteiger charge is -2.39. The van der Waals surface area contributed by atoms with Crippen LogP contribution in [0.3, 0.4) is 0 Å². The predicted molar refractivity (Wildman–Crippen MR) is 138 cm³/mol. The highest BCUT2D eigenvalue weighted by Gasteiger charge is 2.45. The van der Waals surface area contributed by atoms with Gasteiger partial charge in [-0.2, -0.15) is 5.26 Å². The smallest absolute Gasteiger partial charge is 0.228 e. The van der Waals surface area contributed by atoms with Crippen LogP contribution in [0, 0.1) is 11.3 Å². The van der Waals surface area contributed by atoms with Crippen LogP contribution in [0.4, 0.5) is 0 Å². The van der Waals surface area contributed by atoms with E-state index < -0.39 is 5.41 Å². The maximum Gasteiger partial charge on any atom is 0.228 e. The second kappa shape index (κ2) is 10.9. The molecule has 0 bridgehead atoms. The number of nitriles is 1. The molecule has 0 unspecified atom stereocenters. The zero-order chi connectivity index (χ0) is 26.0. The third-order valence-electron chi connectivity index (χ3n) is 7.83. The topological polar surface area (TPSA) is 104 Å². The number of benzene rings is 2. The molecule has 2 saturated heterocycles. The largest absolute Gasteiger partial charge is 0.369 e. The van der Waals surface area contributed by atoms with Gasteiger partial charge in [0.25, 0.3) is 0 Å². The first-order valence-corrected chi connectivity index (χ1v) is 13.4. The van der Waals surface area contributed by atoms with Crippen molar-refractivity contribution in [2.45, 2.75) is 61.9 Å². The summed E-state index contributed by atoms with van der Waals surface area (Å²) in [5.41, 5.74) is 8.32. The van der Waals surface area contributed by atoms with Crippen molar-refractivity contribution < 1.29 is 23.7 Å². The van der Waals surface area contributed by atoms with Crippen LogP contribution in [-0.4, -0.2) is 32.3 Å². The third-order valence-corrected chi connectivity index (χ3v) is 8.27. The van der Waals surface area contributed by atoms with Crippen LogP contribution < -0.4 is 5.73 Å². The number of carbonyl (C=O) groups is 1. The van der Waals surface area contributed by atoms with Gasteiger partial charge in [0.05, 0.1) is 43.3 Å². The Morgan fingerprint density at radius 1 is 0.784 bits per heavy atom. The number of carbonyl (C=O) groups excluding carboxylic acids is 1. The Hall–Kier alpha value is -2.18. The summed E-state index contributed by atoms with van der Waals surface area (Å²) in [6.45, 7) is 2.37. The van der Waals surface area contributed by atoms with Crippen molar-refractivity contribution >= 4 is 29.1 Å². The minimum Gasteiger partial charge on any atom is -0.369 e. The number of nitrogens with zero attached hydrogens (tertiary/aromatic N) is 1. The molecule has 1 amide bonds. The summed E-state index contributed by atoms with van der Waals surface area (Å²) in [4.78, 5) is 11.8. The van der Waals surface area contributed by atoms with Crippen molar-refractivity contribution in [2.75, 3.05) is 26.4 Å². The maximum absolute atomic E-state index is 11.8. The molecule has 2 aliphatic carbocycles. The Morgan fingerprint density at radius 2 is 1.24 bits per heavy atom. The van der Waals surface area contributed by atoms with Crippen molar-refractivity contribution in [3.63, 3.8) is 0 Å². The molecule has 2 aromatic rings. The van der Waals surface area contributed by atoms with Gasteiger partial charge in [-0.3, -0.25) is 4.79 Å². The Kier molecular flexibility index (Phi) is 7.78. The molecule has 0 spiro atoms. The summed E-state index contributed by atoms with van der Waals surface area (Å²) in [5, 5.41) is 10.6. The molecule has 0 aromatic heterocycles. The lowest BCUT2D eigenvalue weighted by Crippen LogP contribution is -2.46. The molecular formula is C28H30Cl2N2O5. The zero-order valence-electron chi connectivity index (χ0n) is 20.5. The number of halogens is 2. The Labute approximate surface area is 226 Å². The zero-order valence-corrected chi connectivity index (χ0v) is 22.0. The van der Waals surface area contributed by atoms with E-state index in [1.807, 2.05) is 36.4 Å². The second-order valence-electron chi connectivity index (χ2n) is 10.0. The summed E-state index contributed by atoms with van der Waals surface area (Å²) >= 11 is 12.3. The Bertz CT molecular complexity index is 1190. The first kappa shape index (κ1) is 26.4. The van der Waals surface area contributed by atoms with Gasteiger partial charge in [0, 0.05) is 21.2 Å². The molecule has 2 saturated carbocycles. The molecular weight excluding hydrogens is 515 g/mol. The highest BCUT2D eigenvalue weighted by molar-refractivity contribution is 6.31. The number of amides is 1. The van der Waals surface area contributed by atoms with Crippen LogP contribution in [0.15, 0.2) is 36.4 Å². The highest BCUT2D eigenvalue weighted by Crippen LogP contribution is 2.46. The lowest BCUT2D eigenvalue weighted by molar-refractivity contribution is -0.126. The molecule has 2 aliphatic heterocycles. The Morgan fingerprint density at radius 3 is 1.62 bits per heavy atom. The van der Waals surface area contributed by atoms with Gasteiger partial charge in [-0.05, 0) is 79.6 Å². The first-order chi connectivity index (χ1) is 17.8. The average molecular weight is 545 g/mol. The normalized spacial score (nSPS) is 22.3. The number of primary amides is 1. The predicted octanol–water partition coefficient (Wildman–Crippen LogP) is 5.62. The van der Waals surface area contributed by atoms with Gasteiger partial charge in [-0.25, -0.2) is 0 Å². The standard InChI is InChI=1S/C14H16ClNO3.C14H14ClNO2/c15-11-7-9(12-18-4-5-19-12)6-10(8-11)14(13(16)17)2-1-3-14;15-12-7-10(13-17-4-5-18-13)6-11(8-12)14(9-16)2-1-3-14/h6-8,12H,1-5H2,(H2,16,17);6-8,13H,1-5H2. The van der Waals surface area contributed by atoms with E-state index in [1.165, 1.54) is 0 Å². The van der Waals surface area contributed by atoms with Crippen molar-refractivity contribution in [3.05, 3.63) is 68.7 Å². The van der Waals surface area contributed by atoms with Gasteiger partial charge in [-0.1, -0.05) is 29.6 Å². The van der Waals surface area contributed by atoms with Crippen LogP contribution in [0.2, 0.25) is 10.0 Å². The van der Waals surface area contributed by atoms with Gasteiger partial charge in [0.15, 0.2) is 12.6 Å². The van der Waals surface area contributed by atoms with E-state index in [0.717, 1.165) is 60.8 Å². The SMILES string of the molecule is N#CC1(c2cc(Cl)cc(C3OCCO3)c2)CCC1.NC(=O)C1(c2cc(Cl)cc(C3OCCO3)c2)CCC1. The molecule has 0 radical (unpaired) electrons. The minimum absolute atomic E-state index is 0.278. The van der Waals surface area contributed by atoms with Crippen molar-refractivity contribution in [1.82, 2.24) is 0 Å². The fourth-order valence-electron chi connectivity index (χ4n) is 5.35. The van der Waals surface area contributed by atoms with Crippen molar-refractivity contribution in [3.8, 4) is 6.07 Å². The third kappa shape index (κ3) is 5.24. The summed E-state index contributed by atoms with van der Waals surface area (Å²) in [7, 11) is 0. The monoisotopic (exact) mass is 544 g/mol. The number of rotatable bonds is 5. The summed E-state index contributed by atoms with van der Waals surface area (Å²) in [6.07, 6.45) is 4.79. The molecule has 4 fully saturated rings. The number of hydrogen-bond donors (Lipinski definition) is 1. The first-order valence-electron chi connectivity index (χ1n) is 12.6. The summed E-state index contributed by atoms with van der Waals surface area (Å²) in [5.74, 6) is -0.278. The molecule has 4 aliphatic rings. The maximum atomic E-state index is 11.8. The lowest BCUT2D eigenvalue weighted by atomic mass is 9.64. The van der Waals surface area contributed by atoms with Crippen LogP contribution in [0.1, 0.15) is 73.4 Å². The Balaban J connectivity index is 0.000000152. The number of ether oxygens (including phenoxy) is 4. The van der Waals surface area contributed by atoms with E-state index in [9.17, 15) is 10.1 Å². The van der Waals surface area contributed by atoms with Gasteiger partial charge >= 0.3 is 0 Å². The fourth-order valence-corrected chi connectivity index (χ4v) is 5.84. The van der Waals surface area contributed by atoms with Gasteiger partial charge < -0.3 is 24.7 Å². The second-order valence-corrected chi connectivity index (χ2v) is 10.9. The number of nitrogens with two attached hydrogens (primary N) is 1. The number of hydrogen-bond acceptors (Lipinski definition) is 6. The fraction of sp³-hybridized carbons (Fsp3) is 0.500. The van der Waals surface area contributed by atoms with E-state index in [2.05, 4.69) is 6.07 Å². The van der Waals surface area contributed by atoms with Gasteiger partial charge in [-0.15, -0.1) is 0 Å². The quantitative estimate of drug-likeness (QED) is 0.523. The van der Waals surface area contributed by atoms with Crippen LogP contribution in [0.5, 0.6) is 0 Å². The molecule has 2 aromatic carbocycles. The summed E-state index contributed by atoms with van der Waals surface area (Å²) in [6, 6.07) is 13.8. The molecule has 0 atom stereocenters. The van der Waals surface area contributed by atoms with Crippen LogP contribution in [0.25, 0.3) is 0 Å². The highest BCUT2D eigenvalue weighted by atomic mass is 35.5. The van der Waals surface area contributed by atoms with Crippen LogP contribution >= 0.6 is 23.2 Å². The molecule has 2 N–H and O–H groups in total. The molecule has 7 nitrogen and oxygen atoms in total. The molecule has 2 heterocycles. The van der Waals surface area contributed by atoms with E-state index in [4.69, 9.17) is 47.9 Å². The van der Waals surface area contributed by atoms with Crippen molar-refractivity contribution in [2.24, 2.45) is 5.73 Å². The van der Waals surface area contributed by atoms with Gasteiger partial charge in [0.1, 0.15) is 0 Å². The van der Waals surface area contributed by atoms with Gasteiger partial charge in [0.2, 0.25) is 5.91 Å². The molecule has 196 valence electrons. The minimum atomic E-state index is -0.557. The molecule has 37 heavy (non-hydrogen) atoms. The van der Waals surface area contributed by atoms with E-state index in [0.29, 0.717) is 36.5 Å².